The number of likely N-dealkylation sites (tertiary alicyclic amines) is 2. The van der Waals surface area contributed by atoms with Crippen LogP contribution in [0.1, 0.15) is 46.5 Å². The van der Waals surface area contributed by atoms with Crippen LogP contribution in [0.4, 0.5) is 0 Å². The summed E-state index contributed by atoms with van der Waals surface area (Å²) in [5, 5.41) is 0. The van der Waals surface area contributed by atoms with E-state index in [4.69, 9.17) is 4.74 Å². The van der Waals surface area contributed by atoms with Gasteiger partial charge in [-0.05, 0) is 38.3 Å². The first-order chi connectivity index (χ1) is 12.5. The van der Waals surface area contributed by atoms with Gasteiger partial charge in [-0.1, -0.05) is 20.8 Å². The molecule has 3 saturated heterocycles. The van der Waals surface area contributed by atoms with Gasteiger partial charge in [-0.3, -0.25) is 14.5 Å². The SMILES string of the molecule is CCN1CC[C@]2(C(=O)N3CCOCC3)CCN(C(=O)CC(C)C)CC[C@H]12. The molecule has 0 radical (unpaired) electrons. The number of carbonyl (C=O) groups is 2. The molecular weight excluding hydrogens is 330 g/mol. The molecule has 3 heterocycles. The highest BCUT2D eigenvalue weighted by Crippen LogP contribution is 2.45. The van der Waals surface area contributed by atoms with Gasteiger partial charge in [0.05, 0.1) is 18.6 Å². The quantitative estimate of drug-likeness (QED) is 0.759. The van der Waals surface area contributed by atoms with Gasteiger partial charge in [0.1, 0.15) is 0 Å². The summed E-state index contributed by atoms with van der Waals surface area (Å²) in [6.07, 6.45) is 3.24. The lowest BCUT2D eigenvalue weighted by Crippen LogP contribution is -2.53. The summed E-state index contributed by atoms with van der Waals surface area (Å²) in [7, 11) is 0. The van der Waals surface area contributed by atoms with E-state index in [2.05, 4.69) is 25.7 Å². The van der Waals surface area contributed by atoms with Gasteiger partial charge in [0.2, 0.25) is 11.8 Å². The van der Waals surface area contributed by atoms with E-state index < -0.39 is 0 Å². The molecule has 0 N–H and O–H groups in total. The highest BCUT2D eigenvalue weighted by Gasteiger charge is 2.54. The largest absolute Gasteiger partial charge is 0.378 e. The molecule has 6 nitrogen and oxygen atoms in total. The Labute approximate surface area is 157 Å². The molecule has 2 amide bonds. The fraction of sp³-hybridized carbons (Fsp3) is 0.900. The standard InChI is InChI=1S/C20H35N3O3/c1-4-21-9-6-20(19(25)23-11-13-26-14-12-23)7-10-22(8-5-17(20)21)18(24)15-16(2)3/h16-17H,4-15H2,1-3H3/t17-,20-/m0/s1. The summed E-state index contributed by atoms with van der Waals surface area (Å²) in [6, 6.07) is 0.264. The molecule has 0 bridgehead atoms. The fourth-order valence-corrected chi connectivity index (χ4v) is 5.03. The van der Waals surface area contributed by atoms with Crippen LogP contribution in [0.2, 0.25) is 0 Å². The van der Waals surface area contributed by atoms with Crippen molar-refractivity contribution in [2.24, 2.45) is 11.3 Å². The number of nitrogens with zero attached hydrogens (tertiary/aromatic N) is 3. The van der Waals surface area contributed by atoms with Crippen LogP contribution in [-0.4, -0.2) is 85.0 Å². The van der Waals surface area contributed by atoms with Crippen LogP contribution in [0.15, 0.2) is 0 Å². The Bertz CT molecular complexity index is 518. The summed E-state index contributed by atoms with van der Waals surface area (Å²) in [5.41, 5.74) is -0.319. The van der Waals surface area contributed by atoms with Crippen molar-refractivity contribution in [3.63, 3.8) is 0 Å². The monoisotopic (exact) mass is 365 g/mol. The molecule has 0 aromatic heterocycles. The summed E-state index contributed by atoms with van der Waals surface area (Å²) in [5.74, 6) is 0.929. The zero-order valence-electron chi connectivity index (χ0n) is 16.7. The van der Waals surface area contributed by atoms with E-state index in [0.717, 1.165) is 45.4 Å². The summed E-state index contributed by atoms with van der Waals surface area (Å²) in [4.78, 5) is 32.7. The van der Waals surface area contributed by atoms with E-state index in [1.165, 1.54) is 0 Å². The van der Waals surface area contributed by atoms with E-state index in [1.54, 1.807) is 0 Å². The molecule has 148 valence electrons. The van der Waals surface area contributed by atoms with E-state index >= 15 is 0 Å². The van der Waals surface area contributed by atoms with Crippen molar-refractivity contribution in [3.8, 4) is 0 Å². The molecule has 0 unspecified atom stereocenters. The Hall–Kier alpha value is -1.14. The Morgan fingerprint density at radius 3 is 2.38 bits per heavy atom. The van der Waals surface area contributed by atoms with Crippen LogP contribution in [0, 0.1) is 11.3 Å². The minimum Gasteiger partial charge on any atom is -0.378 e. The van der Waals surface area contributed by atoms with Gasteiger partial charge in [-0.15, -0.1) is 0 Å². The Balaban J connectivity index is 1.79. The third-order valence-electron chi connectivity index (χ3n) is 6.49. The van der Waals surface area contributed by atoms with Crippen molar-refractivity contribution in [2.75, 3.05) is 52.5 Å². The predicted molar refractivity (Wildman–Crippen MR) is 101 cm³/mol. The lowest BCUT2D eigenvalue weighted by atomic mass is 9.75. The molecule has 3 rings (SSSR count). The molecule has 3 aliphatic heterocycles. The number of hydrogen-bond acceptors (Lipinski definition) is 4. The molecule has 0 aliphatic carbocycles. The molecule has 6 heteroatoms. The van der Waals surface area contributed by atoms with E-state index in [1.807, 2.05) is 9.80 Å². The maximum atomic E-state index is 13.6. The van der Waals surface area contributed by atoms with E-state index in [9.17, 15) is 9.59 Å². The molecule has 0 aromatic carbocycles. The maximum absolute atomic E-state index is 13.6. The summed E-state index contributed by atoms with van der Waals surface area (Å²) in [6.45, 7) is 12.5. The van der Waals surface area contributed by atoms with Gasteiger partial charge in [0, 0.05) is 38.6 Å². The Morgan fingerprint density at radius 2 is 1.73 bits per heavy atom. The zero-order chi connectivity index (χ0) is 18.7. The van der Waals surface area contributed by atoms with Crippen molar-refractivity contribution in [3.05, 3.63) is 0 Å². The van der Waals surface area contributed by atoms with Crippen LogP contribution < -0.4 is 0 Å². The molecule has 26 heavy (non-hydrogen) atoms. The third-order valence-corrected chi connectivity index (χ3v) is 6.49. The first kappa shape index (κ1) is 19.6. The number of hydrogen-bond donors (Lipinski definition) is 0. The van der Waals surface area contributed by atoms with Crippen LogP contribution in [-0.2, 0) is 14.3 Å². The lowest BCUT2D eigenvalue weighted by molar-refractivity contribution is -0.148. The van der Waals surface area contributed by atoms with Crippen molar-refractivity contribution < 1.29 is 14.3 Å². The van der Waals surface area contributed by atoms with Gasteiger partial charge >= 0.3 is 0 Å². The normalized spacial score (nSPS) is 30.4. The smallest absolute Gasteiger partial charge is 0.230 e. The second kappa shape index (κ2) is 8.26. The topological polar surface area (TPSA) is 53.1 Å². The number of ether oxygens (including phenoxy) is 1. The van der Waals surface area contributed by atoms with Crippen LogP contribution in [0.3, 0.4) is 0 Å². The molecule has 0 saturated carbocycles. The number of fused-ring (bicyclic) bond motifs is 1. The van der Waals surface area contributed by atoms with Crippen molar-refractivity contribution in [1.29, 1.82) is 0 Å². The minimum absolute atomic E-state index is 0.247. The molecule has 0 aromatic rings. The number of morpholine rings is 1. The van der Waals surface area contributed by atoms with Gasteiger partial charge < -0.3 is 14.5 Å². The fourth-order valence-electron chi connectivity index (χ4n) is 5.03. The van der Waals surface area contributed by atoms with Crippen LogP contribution in [0.5, 0.6) is 0 Å². The van der Waals surface area contributed by atoms with Crippen molar-refractivity contribution in [2.45, 2.75) is 52.5 Å². The predicted octanol–water partition coefficient (Wildman–Crippen LogP) is 1.59. The third kappa shape index (κ3) is 3.77. The maximum Gasteiger partial charge on any atom is 0.230 e. The Morgan fingerprint density at radius 1 is 1.04 bits per heavy atom. The highest BCUT2D eigenvalue weighted by atomic mass is 16.5. The van der Waals surface area contributed by atoms with Crippen molar-refractivity contribution in [1.82, 2.24) is 14.7 Å². The molecular formula is C20H35N3O3. The van der Waals surface area contributed by atoms with Gasteiger partial charge in [0.25, 0.3) is 0 Å². The van der Waals surface area contributed by atoms with Crippen molar-refractivity contribution >= 4 is 11.8 Å². The molecule has 3 aliphatic rings. The molecule has 3 fully saturated rings. The lowest BCUT2D eigenvalue weighted by Gasteiger charge is -2.40. The minimum atomic E-state index is -0.319. The van der Waals surface area contributed by atoms with Crippen LogP contribution >= 0.6 is 0 Å². The number of rotatable bonds is 4. The highest BCUT2D eigenvalue weighted by molar-refractivity contribution is 5.84. The molecule has 2 atom stereocenters. The zero-order valence-corrected chi connectivity index (χ0v) is 16.7. The average Bonchev–Trinajstić information content (AvgIpc) is 2.88. The second-order valence-corrected chi connectivity index (χ2v) is 8.47. The Kier molecular flexibility index (Phi) is 6.23. The van der Waals surface area contributed by atoms with Gasteiger partial charge in [0.15, 0.2) is 0 Å². The first-order valence-electron chi connectivity index (χ1n) is 10.4. The number of carbonyl (C=O) groups excluding carboxylic acids is 2. The van der Waals surface area contributed by atoms with E-state index in [-0.39, 0.29) is 17.4 Å². The number of amides is 2. The average molecular weight is 366 g/mol. The van der Waals surface area contributed by atoms with Gasteiger partial charge in [-0.25, -0.2) is 0 Å². The first-order valence-corrected chi connectivity index (χ1v) is 10.4. The van der Waals surface area contributed by atoms with Gasteiger partial charge in [-0.2, -0.15) is 0 Å². The summed E-state index contributed by atoms with van der Waals surface area (Å²) >= 11 is 0. The molecule has 0 spiro atoms. The van der Waals surface area contributed by atoms with E-state index in [0.29, 0.717) is 44.5 Å². The second-order valence-electron chi connectivity index (χ2n) is 8.47. The summed E-state index contributed by atoms with van der Waals surface area (Å²) < 4.78 is 5.44. The van der Waals surface area contributed by atoms with Crippen LogP contribution in [0.25, 0.3) is 0 Å².